The number of amidine groups is 1. The Morgan fingerprint density at radius 1 is 1.23 bits per heavy atom. The SMILES string of the molecule is C[C@H]1C[C@@]2(CCN1)N=C(c1ccc(C(F)(F)F)nc1C1(F)CC1)NC2=O. The standard InChI is InChI=1S/C17H18F4N4O/c1-9-8-16(6-7-22-9)14(26)24-13(25-16)10-2-3-11(17(19,20)21)23-12(10)15(18)4-5-15/h2-3,9,22H,4-8H2,1H3,(H,24,25,26)/t9-,16+/m0/s1. The molecule has 5 nitrogen and oxygen atoms in total. The van der Waals surface area contributed by atoms with E-state index in [-0.39, 0.29) is 41.9 Å². The maximum atomic E-state index is 14.7. The summed E-state index contributed by atoms with van der Waals surface area (Å²) in [7, 11) is 0. The summed E-state index contributed by atoms with van der Waals surface area (Å²) in [6, 6.07) is 2.04. The molecule has 9 heteroatoms. The summed E-state index contributed by atoms with van der Waals surface area (Å²) in [6.07, 6.45) is -3.47. The van der Waals surface area contributed by atoms with Crippen LogP contribution in [0.4, 0.5) is 17.6 Å². The quantitative estimate of drug-likeness (QED) is 0.786. The number of alkyl halides is 4. The van der Waals surface area contributed by atoms with E-state index in [4.69, 9.17) is 0 Å². The lowest BCUT2D eigenvalue weighted by Crippen LogP contribution is -2.51. The van der Waals surface area contributed by atoms with Crippen LogP contribution in [-0.4, -0.2) is 34.9 Å². The van der Waals surface area contributed by atoms with E-state index in [0.717, 1.165) is 12.1 Å². The fourth-order valence-electron chi connectivity index (χ4n) is 3.65. The van der Waals surface area contributed by atoms with Gasteiger partial charge in [-0.15, -0.1) is 0 Å². The second-order valence-electron chi connectivity index (χ2n) is 7.31. The van der Waals surface area contributed by atoms with Crippen LogP contribution in [-0.2, 0) is 16.6 Å². The van der Waals surface area contributed by atoms with E-state index < -0.39 is 23.1 Å². The molecule has 3 heterocycles. The van der Waals surface area contributed by atoms with Crippen molar-refractivity contribution in [1.29, 1.82) is 0 Å². The van der Waals surface area contributed by atoms with Crippen molar-refractivity contribution in [1.82, 2.24) is 15.6 Å². The van der Waals surface area contributed by atoms with Crippen LogP contribution in [0.25, 0.3) is 0 Å². The Morgan fingerprint density at radius 3 is 2.58 bits per heavy atom. The highest BCUT2D eigenvalue weighted by atomic mass is 19.4. The molecule has 4 rings (SSSR count). The number of amides is 1. The fourth-order valence-corrected chi connectivity index (χ4v) is 3.65. The number of rotatable bonds is 2. The summed E-state index contributed by atoms with van der Waals surface area (Å²) in [5, 5.41) is 5.88. The number of carbonyl (C=O) groups excluding carboxylic acids is 1. The number of piperidine rings is 1. The summed E-state index contributed by atoms with van der Waals surface area (Å²) in [6.45, 7) is 2.55. The molecule has 2 fully saturated rings. The fraction of sp³-hybridized carbons (Fsp3) is 0.588. The number of hydrogen-bond donors (Lipinski definition) is 2. The summed E-state index contributed by atoms with van der Waals surface area (Å²) in [4.78, 5) is 20.6. The Bertz CT molecular complexity index is 802. The summed E-state index contributed by atoms with van der Waals surface area (Å²) < 4.78 is 53.7. The number of hydrogen-bond acceptors (Lipinski definition) is 4. The Hall–Kier alpha value is -2.03. The van der Waals surface area contributed by atoms with E-state index in [1.54, 1.807) is 0 Å². The number of halogens is 4. The van der Waals surface area contributed by atoms with Crippen molar-refractivity contribution in [2.24, 2.45) is 4.99 Å². The Labute approximate surface area is 147 Å². The van der Waals surface area contributed by atoms with Gasteiger partial charge >= 0.3 is 6.18 Å². The number of nitrogens with zero attached hydrogens (tertiary/aromatic N) is 2. The maximum Gasteiger partial charge on any atom is 0.433 e. The zero-order valence-electron chi connectivity index (χ0n) is 14.1. The summed E-state index contributed by atoms with van der Waals surface area (Å²) in [5.74, 6) is -0.181. The topological polar surface area (TPSA) is 66.4 Å². The van der Waals surface area contributed by atoms with Gasteiger partial charge in [0.15, 0.2) is 5.67 Å². The molecular weight excluding hydrogens is 352 g/mol. The van der Waals surface area contributed by atoms with Crippen molar-refractivity contribution in [2.75, 3.05) is 6.54 Å². The second kappa shape index (κ2) is 5.48. The van der Waals surface area contributed by atoms with Gasteiger partial charge < -0.3 is 10.6 Å². The van der Waals surface area contributed by atoms with E-state index in [9.17, 15) is 22.4 Å². The highest BCUT2D eigenvalue weighted by Gasteiger charge is 2.52. The molecular formula is C17H18F4N4O. The minimum Gasteiger partial charge on any atom is -0.314 e. The Morgan fingerprint density at radius 2 is 1.96 bits per heavy atom. The number of aromatic nitrogens is 1. The monoisotopic (exact) mass is 370 g/mol. The molecule has 0 unspecified atom stereocenters. The first-order chi connectivity index (χ1) is 12.1. The molecule has 2 aliphatic heterocycles. The lowest BCUT2D eigenvalue weighted by molar-refractivity contribution is -0.141. The molecule has 2 N–H and O–H groups in total. The maximum absolute atomic E-state index is 14.7. The predicted octanol–water partition coefficient (Wildman–Crippen LogP) is 2.45. The smallest absolute Gasteiger partial charge is 0.314 e. The van der Waals surface area contributed by atoms with Crippen molar-refractivity contribution in [2.45, 2.75) is 56.0 Å². The van der Waals surface area contributed by atoms with Gasteiger partial charge in [-0.1, -0.05) is 0 Å². The van der Waals surface area contributed by atoms with E-state index in [0.29, 0.717) is 19.4 Å². The first kappa shape index (κ1) is 17.4. The molecule has 1 aliphatic carbocycles. The van der Waals surface area contributed by atoms with Crippen molar-refractivity contribution >= 4 is 11.7 Å². The average molecular weight is 370 g/mol. The normalized spacial score (nSPS) is 30.3. The first-order valence-corrected chi connectivity index (χ1v) is 8.56. The molecule has 1 saturated carbocycles. The zero-order valence-corrected chi connectivity index (χ0v) is 14.1. The highest BCUT2D eigenvalue weighted by Crippen LogP contribution is 2.50. The molecule has 1 amide bonds. The van der Waals surface area contributed by atoms with Gasteiger partial charge in [-0.25, -0.2) is 9.37 Å². The average Bonchev–Trinajstić information content (AvgIpc) is 3.24. The summed E-state index contributed by atoms with van der Waals surface area (Å²) in [5.41, 5.74) is -4.14. The third-order valence-corrected chi connectivity index (χ3v) is 5.21. The van der Waals surface area contributed by atoms with Gasteiger partial charge in [-0.05, 0) is 51.3 Å². The van der Waals surface area contributed by atoms with Gasteiger partial charge in [0.05, 0.1) is 5.69 Å². The van der Waals surface area contributed by atoms with Gasteiger partial charge in [0.2, 0.25) is 0 Å². The van der Waals surface area contributed by atoms with Crippen molar-refractivity contribution in [3.05, 3.63) is 29.1 Å². The molecule has 2 atom stereocenters. The third kappa shape index (κ3) is 2.78. The zero-order chi connectivity index (χ0) is 18.7. The molecule has 1 aromatic rings. The highest BCUT2D eigenvalue weighted by molar-refractivity contribution is 6.16. The van der Waals surface area contributed by atoms with Gasteiger partial charge in [0.25, 0.3) is 5.91 Å². The largest absolute Gasteiger partial charge is 0.433 e. The van der Waals surface area contributed by atoms with Crippen LogP contribution >= 0.6 is 0 Å². The minimum atomic E-state index is -4.66. The molecule has 26 heavy (non-hydrogen) atoms. The predicted molar refractivity (Wildman–Crippen MR) is 85.4 cm³/mol. The Kier molecular flexibility index (Phi) is 3.67. The number of pyridine rings is 1. The second-order valence-corrected chi connectivity index (χ2v) is 7.31. The molecule has 0 aromatic carbocycles. The molecule has 1 saturated heterocycles. The lowest BCUT2D eigenvalue weighted by atomic mass is 9.85. The van der Waals surface area contributed by atoms with E-state index in [1.165, 1.54) is 0 Å². The van der Waals surface area contributed by atoms with Gasteiger partial charge in [0, 0.05) is 11.6 Å². The van der Waals surface area contributed by atoms with Crippen LogP contribution < -0.4 is 10.6 Å². The number of aliphatic imine (C=N–C) groups is 1. The lowest BCUT2D eigenvalue weighted by Gasteiger charge is -2.32. The van der Waals surface area contributed by atoms with Gasteiger partial charge in [0.1, 0.15) is 17.1 Å². The summed E-state index contributed by atoms with van der Waals surface area (Å²) >= 11 is 0. The minimum absolute atomic E-state index is 0.0822. The molecule has 0 bridgehead atoms. The van der Waals surface area contributed by atoms with Crippen LogP contribution in [0.5, 0.6) is 0 Å². The van der Waals surface area contributed by atoms with Crippen LogP contribution in [0.3, 0.4) is 0 Å². The van der Waals surface area contributed by atoms with Crippen molar-refractivity contribution in [3.63, 3.8) is 0 Å². The van der Waals surface area contributed by atoms with Crippen LogP contribution in [0.15, 0.2) is 17.1 Å². The van der Waals surface area contributed by atoms with Crippen LogP contribution in [0.1, 0.15) is 49.6 Å². The van der Waals surface area contributed by atoms with Crippen molar-refractivity contribution in [3.8, 4) is 0 Å². The van der Waals surface area contributed by atoms with Gasteiger partial charge in [-0.2, -0.15) is 13.2 Å². The Balaban J connectivity index is 1.77. The van der Waals surface area contributed by atoms with E-state index in [2.05, 4.69) is 20.6 Å². The van der Waals surface area contributed by atoms with Crippen molar-refractivity contribution < 1.29 is 22.4 Å². The molecule has 3 aliphatic rings. The van der Waals surface area contributed by atoms with E-state index >= 15 is 0 Å². The van der Waals surface area contributed by atoms with Crippen LogP contribution in [0, 0.1) is 0 Å². The first-order valence-electron chi connectivity index (χ1n) is 8.56. The van der Waals surface area contributed by atoms with Crippen LogP contribution in [0.2, 0.25) is 0 Å². The third-order valence-electron chi connectivity index (χ3n) is 5.21. The number of carbonyl (C=O) groups is 1. The van der Waals surface area contributed by atoms with Gasteiger partial charge in [-0.3, -0.25) is 9.79 Å². The molecule has 1 aromatic heterocycles. The number of nitrogens with one attached hydrogen (secondary N) is 2. The molecule has 140 valence electrons. The molecule has 1 spiro atoms. The van der Waals surface area contributed by atoms with E-state index in [1.807, 2.05) is 6.92 Å². The molecule has 0 radical (unpaired) electrons.